The van der Waals surface area contributed by atoms with Crippen molar-refractivity contribution >= 4 is 104 Å². The van der Waals surface area contributed by atoms with Gasteiger partial charge in [0.25, 0.3) is 29.9 Å². The molecule has 3 aliphatic rings. The molecule has 0 aromatic carbocycles. The lowest BCUT2D eigenvalue weighted by Gasteiger charge is -2.49. The monoisotopic (exact) mass is 836 g/mol. The van der Waals surface area contributed by atoms with Gasteiger partial charge in [0.15, 0.2) is 16.5 Å². The molecule has 0 bridgehead atoms. The Labute approximate surface area is 327 Å². The highest BCUT2D eigenvalue weighted by Crippen LogP contribution is 2.40. The molecule has 296 valence electrons. The summed E-state index contributed by atoms with van der Waals surface area (Å²) in [6.07, 6.45) is 3.02. The zero-order valence-electron chi connectivity index (χ0n) is 29.0. The van der Waals surface area contributed by atoms with Crippen LogP contribution in [0.1, 0.15) is 26.0 Å². The number of β-lactam (4-membered cyclic amide) rings is 1. The fourth-order valence-electron chi connectivity index (χ4n) is 5.10. The lowest BCUT2D eigenvalue weighted by Crippen LogP contribution is -2.71. The number of oxime groups is 1. The summed E-state index contributed by atoms with van der Waals surface area (Å²) in [5, 5.41) is 39.8. The third-order valence-corrected chi connectivity index (χ3v) is 10.4. The number of hydrogen-bond acceptors (Lipinski definition) is 18. The Bertz CT molecular complexity index is 2170. The maximum absolute atomic E-state index is 13.4. The molecule has 2 aromatic heterocycles. The van der Waals surface area contributed by atoms with E-state index in [1.54, 1.807) is 0 Å². The number of aromatic nitrogens is 3. The number of rotatable bonds is 14. The van der Waals surface area contributed by atoms with E-state index in [9.17, 15) is 53.8 Å². The molecule has 10 N–H and O–H groups in total. The van der Waals surface area contributed by atoms with Crippen molar-refractivity contribution in [2.75, 3.05) is 35.6 Å². The van der Waals surface area contributed by atoms with Crippen LogP contribution < -0.4 is 32.0 Å². The number of nitrogens with two attached hydrogens (primary N) is 2. The van der Waals surface area contributed by atoms with E-state index in [2.05, 4.69) is 31.1 Å². The number of hydrogen-bond donors (Lipinski definition) is 8. The van der Waals surface area contributed by atoms with E-state index in [1.165, 1.54) is 30.9 Å². The molecule has 26 heteroatoms. The van der Waals surface area contributed by atoms with Crippen LogP contribution in [0, 0.1) is 0 Å². The van der Waals surface area contributed by atoms with E-state index < -0.39 is 82.1 Å². The number of carboxylic acids is 2. The van der Waals surface area contributed by atoms with Gasteiger partial charge in [-0.1, -0.05) is 28.1 Å². The molecule has 2 aromatic rings. The van der Waals surface area contributed by atoms with Gasteiger partial charge < -0.3 is 42.5 Å². The summed E-state index contributed by atoms with van der Waals surface area (Å²) in [5.74, 6) is -8.09. The number of Topliss-reactive ketones (excluding diaryl/α,β-unsaturated/α-hetero) is 1. The van der Waals surface area contributed by atoms with Crippen LogP contribution in [0.5, 0.6) is 0 Å². The highest BCUT2D eigenvalue weighted by atomic mass is 35.5. The molecule has 56 heavy (non-hydrogen) atoms. The first-order chi connectivity index (χ1) is 26.3. The average Bonchev–Trinajstić information content (AvgIpc) is 3.46. The van der Waals surface area contributed by atoms with E-state index in [4.69, 9.17) is 27.9 Å². The lowest BCUT2D eigenvalue weighted by atomic mass is 10.0. The van der Waals surface area contributed by atoms with Crippen molar-refractivity contribution in [3.05, 3.63) is 45.6 Å². The fraction of sp³-hybridized carbons (Fsp3) is 0.333. The summed E-state index contributed by atoms with van der Waals surface area (Å²) < 4.78 is 1.33. The van der Waals surface area contributed by atoms with Gasteiger partial charge in [0, 0.05) is 30.4 Å². The molecule has 0 spiro atoms. The molecule has 0 aliphatic carbocycles. The molecule has 1 fully saturated rings. The number of carbonyl (C=O) groups is 8. The third-order valence-electron chi connectivity index (χ3n) is 8.01. The first-order valence-electron chi connectivity index (χ1n) is 15.9. The van der Waals surface area contributed by atoms with Gasteiger partial charge in [-0.25, -0.2) is 24.2 Å². The van der Waals surface area contributed by atoms with E-state index in [0.717, 1.165) is 28.0 Å². The minimum atomic E-state index is -1.88. The Morgan fingerprint density at radius 3 is 2.54 bits per heavy atom. The Kier molecular flexibility index (Phi) is 11.9. The predicted molar refractivity (Wildman–Crippen MR) is 192 cm³/mol. The van der Waals surface area contributed by atoms with Gasteiger partial charge in [-0.3, -0.25) is 38.9 Å². The van der Waals surface area contributed by atoms with E-state index in [0.29, 0.717) is 11.1 Å². The van der Waals surface area contributed by atoms with Crippen LogP contribution in [0.25, 0.3) is 0 Å². The number of nitrogen functional groups attached to an aromatic ring is 2. The summed E-state index contributed by atoms with van der Waals surface area (Å²) in [7, 11) is 0. The van der Waals surface area contributed by atoms with E-state index >= 15 is 0 Å². The van der Waals surface area contributed by atoms with Crippen LogP contribution >= 0.6 is 34.7 Å². The van der Waals surface area contributed by atoms with Crippen molar-refractivity contribution in [3.63, 3.8) is 0 Å². The maximum Gasteiger partial charge on any atom is 0.352 e. The number of carboxylic acid groups (broad SMARTS) is 2. The number of amides is 4. The zero-order chi connectivity index (χ0) is 41.2. The molecule has 1 saturated heterocycles. The van der Waals surface area contributed by atoms with Crippen LogP contribution in [-0.4, -0.2) is 124 Å². The summed E-state index contributed by atoms with van der Waals surface area (Å²) in [6.45, 7) is 1.29. The summed E-state index contributed by atoms with van der Waals surface area (Å²) in [4.78, 5) is 113. The number of carbonyl (C=O) groups excluding carboxylic acids is 6. The van der Waals surface area contributed by atoms with Crippen LogP contribution in [0.3, 0.4) is 0 Å². The number of thiazole rings is 1. The number of thioether (sulfide) groups is 1. The van der Waals surface area contributed by atoms with Crippen LogP contribution in [0.2, 0.25) is 4.34 Å². The predicted octanol–water partition coefficient (Wildman–Crippen LogP) is -2.16. The molecule has 2 atom stereocenters. The zero-order valence-corrected chi connectivity index (χ0v) is 31.4. The molecule has 4 amide bonds. The first-order valence-corrected chi connectivity index (χ1v) is 18.1. The van der Waals surface area contributed by atoms with Crippen LogP contribution in [0.4, 0.5) is 16.6 Å². The summed E-state index contributed by atoms with van der Waals surface area (Å²) in [5.41, 5.74) is 8.43. The quantitative estimate of drug-likeness (QED) is 0.0330. The summed E-state index contributed by atoms with van der Waals surface area (Å²) in [6, 6.07) is -1.25. The molecule has 5 rings (SSSR count). The standard InChI is InChI=1S/C30H30ClN11O12S2/c1-30(2,28(51)52)54-39-18(17-21(31)56-29(33)38-17)24(47)37-19-25(48)42-20(27(49)50)11(9-55-26(19)42)6-40-7-12(22(32)35-10-40)36-16(45)3-4-34-23(46)13-5-14(43)15(44)8-41(13)53/h5,7,10,19,26,32,53H,3-4,6,8-9H2,1-2H3,(H7,33,34,36,37,38,45,46,47,49,50,51,52)/p+1/b39-18-/t19-,26-/m1/s1. The minimum Gasteiger partial charge on any atom is -0.478 e. The van der Waals surface area contributed by atoms with Gasteiger partial charge in [0.1, 0.15) is 52.1 Å². The van der Waals surface area contributed by atoms with Crippen molar-refractivity contribution in [2.24, 2.45) is 5.16 Å². The summed E-state index contributed by atoms with van der Waals surface area (Å²) >= 11 is 8.12. The molecular weight excluding hydrogens is 806 g/mol. The maximum atomic E-state index is 13.4. The number of anilines is 3. The number of nitrogens with zero attached hydrogens (tertiary/aromatic N) is 6. The second-order valence-corrected chi connectivity index (χ2v) is 15.2. The normalized spacial score (nSPS) is 18.5. The number of nitrogens with one attached hydrogen (secondary N) is 3. The number of fused-ring (bicyclic) bond motifs is 1. The SMILES string of the molecule is CC(C)(O/N=C(\C(=O)N[C@@H]1C(=O)N2C(C(=O)O)=C(C[n+]3cnc(N)c(NC(=O)CCNC(=O)C4=CC(=O)C(=O)CN4O)c3)CS[C@H]12)c1nc(N)sc1Cl)C(=O)O. The molecule has 5 heterocycles. The second-order valence-electron chi connectivity index (χ2n) is 12.4. The van der Waals surface area contributed by atoms with Gasteiger partial charge >= 0.3 is 11.9 Å². The van der Waals surface area contributed by atoms with Crippen LogP contribution in [-0.2, 0) is 49.7 Å². The Morgan fingerprint density at radius 2 is 1.89 bits per heavy atom. The minimum absolute atomic E-state index is 0.0289. The van der Waals surface area contributed by atoms with E-state index in [-0.39, 0.29) is 63.2 Å². The third kappa shape index (κ3) is 8.69. The number of hydroxylamine groups is 2. The Balaban J connectivity index is 1.25. The van der Waals surface area contributed by atoms with Crippen molar-refractivity contribution in [1.29, 1.82) is 0 Å². The molecule has 0 unspecified atom stereocenters. The van der Waals surface area contributed by atoms with Crippen molar-refractivity contribution < 1.29 is 63.2 Å². The highest BCUT2D eigenvalue weighted by Gasteiger charge is 2.55. The lowest BCUT2D eigenvalue weighted by molar-refractivity contribution is -0.691. The van der Waals surface area contributed by atoms with Gasteiger partial charge in [0.2, 0.25) is 23.1 Å². The van der Waals surface area contributed by atoms with Crippen molar-refractivity contribution in [3.8, 4) is 0 Å². The largest absolute Gasteiger partial charge is 0.478 e. The second kappa shape index (κ2) is 16.3. The molecule has 3 aliphatic heterocycles. The molecule has 0 radical (unpaired) electrons. The number of aliphatic carboxylic acids is 2. The number of halogens is 1. The van der Waals surface area contributed by atoms with Crippen LogP contribution in [0.15, 0.2) is 40.7 Å². The molecule has 23 nitrogen and oxygen atoms in total. The Hall–Kier alpha value is -6.18. The van der Waals surface area contributed by atoms with Crippen molar-refractivity contribution in [2.45, 2.75) is 43.8 Å². The van der Waals surface area contributed by atoms with Crippen molar-refractivity contribution in [1.82, 2.24) is 30.6 Å². The van der Waals surface area contributed by atoms with Gasteiger partial charge in [0.05, 0.1) is 0 Å². The van der Waals surface area contributed by atoms with Gasteiger partial charge in [-0.15, -0.1) is 11.8 Å². The highest BCUT2D eigenvalue weighted by molar-refractivity contribution is 8.00. The topological polar surface area (TPSA) is 343 Å². The first kappa shape index (κ1) is 41.0. The van der Waals surface area contributed by atoms with Gasteiger partial charge in [-0.2, -0.15) is 0 Å². The molecular formula is C30H31ClN11O12S2+. The van der Waals surface area contributed by atoms with E-state index in [1.807, 2.05) is 0 Å². The number of ketones is 2. The fourth-order valence-corrected chi connectivity index (χ4v) is 7.36. The average molecular weight is 837 g/mol. The van der Waals surface area contributed by atoms with Gasteiger partial charge in [-0.05, 0) is 18.8 Å². The Morgan fingerprint density at radius 1 is 1.18 bits per heavy atom. The smallest absolute Gasteiger partial charge is 0.352 e. The molecule has 0 saturated carbocycles. The number of allylic oxidation sites excluding steroid dienone is 1.